The normalized spacial score (nSPS) is 14.3. The van der Waals surface area contributed by atoms with E-state index in [2.05, 4.69) is 20.9 Å². The van der Waals surface area contributed by atoms with Crippen molar-refractivity contribution in [2.24, 2.45) is 0 Å². The number of rotatable bonds is 7. The molecule has 2 aromatic carbocycles. The summed E-state index contributed by atoms with van der Waals surface area (Å²) in [7, 11) is 1.54. The lowest BCUT2D eigenvalue weighted by atomic mass is 10.1. The van der Waals surface area contributed by atoms with Crippen LogP contribution in [-0.4, -0.2) is 43.5 Å². The predicted octanol–water partition coefficient (Wildman–Crippen LogP) is 5.04. The van der Waals surface area contributed by atoms with Gasteiger partial charge in [-0.3, -0.25) is 0 Å². The highest BCUT2D eigenvalue weighted by molar-refractivity contribution is 6.00. The Bertz CT molecular complexity index is 1100. The topological polar surface area (TPSA) is 124 Å². The van der Waals surface area contributed by atoms with Gasteiger partial charge in [0.2, 0.25) is 0 Å². The standard InChI is InChI=1S/C23H24N4O6.C2H6/c1-30-20-10-17(5-6-19(20)21-12-24-14-32-21)27-22(28)26-16-4-2-3-15(9-16)11-25-23(29)33-18-7-8-31-13-18;1-2/h2-6,9-10,12,14,18H,7-8,11,13H2,1H3,(H,25,29)(H2,26,27,28);1-2H3/t18-;/m0./s1. The summed E-state index contributed by atoms with van der Waals surface area (Å²) in [6.45, 7) is 5.30. The third-order valence-corrected chi connectivity index (χ3v) is 4.94. The predicted molar refractivity (Wildman–Crippen MR) is 131 cm³/mol. The van der Waals surface area contributed by atoms with E-state index in [-0.39, 0.29) is 12.6 Å². The fraction of sp³-hybridized carbons (Fsp3) is 0.320. The van der Waals surface area contributed by atoms with Crippen molar-refractivity contribution in [3.8, 4) is 17.1 Å². The van der Waals surface area contributed by atoms with Gasteiger partial charge in [-0.1, -0.05) is 26.0 Å². The van der Waals surface area contributed by atoms with Gasteiger partial charge in [-0.15, -0.1) is 0 Å². The number of nitrogens with one attached hydrogen (secondary N) is 3. The lowest BCUT2D eigenvalue weighted by molar-refractivity contribution is 0.0828. The van der Waals surface area contributed by atoms with E-state index < -0.39 is 12.1 Å². The molecule has 0 saturated carbocycles. The number of urea groups is 1. The highest BCUT2D eigenvalue weighted by Gasteiger charge is 2.19. The van der Waals surface area contributed by atoms with E-state index in [0.29, 0.717) is 42.5 Å². The van der Waals surface area contributed by atoms with Crippen molar-refractivity contribution in [3.63, 3.8) is 0 Å². The maximum absolute atomic E-state index is 12.5. The summed E-state index contributed by atoms with van der Waals surface area (Å²) in [6.07, 6.45) is 2.93. The van der Waals surface area contributed by atoms with Crippen LogP contribution >= 0.6 is 0 Å². The Balaban J connectivity index is 0.00000167. The highest BCUT2D eigenvalue weighted by atomic mass is 16.6. The summed E-state index contributed by atoms with van der Waals surface area (Å²) in [6, 6.07) is 11.9. The zero-order valence-electron chi connectivity index (χ0n) is 20.0. The van der Waals surface area contributed by atoms with E-state index in [4.69, 9.17) is 18.6 Å². The molecule has 1 aliphatic heterocycles. The van der Waals surface area contributed by atoms with Gasteiger partial charge in [0, 0.05) is 30.4 Å². The Labute approximate surface area is 204 Å². The van der Waals surface area contributed by atoms with Crippen molar-refractivity contribution in [2.75, 3.05) is 31.0 Å². The molecule has 3 N–H and O–H groups in total. The Hall–Kier alpha value is -4.05. The lowest BCUT2D eigenvalue weighted by Crippen LogP contribution is -2.28. The first kappa shape index (κ1) is 25.6. The third-order valence-electron chi connectivity index (χ3n) is 4.94. The lowest BCUT2D eigenvalue weighted by Gasteiger charge is -2.13. The number of amides is 3. The molecule has 1 aliphatic rings. The van der Waals surface area contributed by atoms with Gasteiger partial charge in [0.1, 0.15) is 11.9 Å². The van der Waals surface area contributed by atoms with Gasteiger partial charge in [-0.2, -0.15) is 0 Å². The number of ether oxygens (including phenoxy) is 3. The molecule has 3 aromatic rings. The van der Waals surface area contributed by atoms with Gasteiger partial charge in [0.25, 0.3) is 0 Å². The number of anilines is 2. The van der Waals surface area contributed by atoms with E-state index in [9.17, 15) is 9.59 Å². The molecule has 4 rings (SSSR count). The second kappa shape index (κ2) is 13.0. The number of carbonyl (C=O) groups excluding carboxylic acids is 2. The first-order chi connectivity index (χ1) is 17.1. The summed E-state index contributed by atoms with van der Waals surface area (Å²) in [5.41, 5.74) is 2.66. The van der Waals surface area contributed by atoms with E-state index >= 15 is 0 Å². The molecule has 3 amide bonds. The van der Waals surface area contributed by atoms with Gasteiger partial charge in [0.15, 0.2) is 12.2 Å². The quantitative estimate of drug-likeness (QED) is 0.431. The number of hydrogen-bond donors (Lipinski definition) is 3. The van der Waals surface area contributed by atoms with Crippen LogP contribution in [0.1, 0.15) is 25.8 Å². The fourth-order valence-corrected chi connectivity index (χ4v) is 3.35. The largest absolute Gasteiger partial charge is 0.496 e. The molecule has 0 unspecified atom stereocenters. The second-order valence-electron chi connectivity index (χ2n) is 7.30. The number of alkyl carbamates (subject to hydrolysis) is 1. The number of methoxy groups -OCH3 is 1. The minimum Gasteiger partial charge on any atom is -0.496 e. The van der Waals surface area contributed by atoms with Gasteiger partial charge in [-0.05, 0) is 29.8 Å². The smallest absolute Gasteiger partial charge is 0.407 e. The van der Waals surface area contributed by atoms with Gasteiger partial charge < -0.3 is 34.6 Å². The van der Waals surface area contributed by atoms with E-state index in [1.54, 1.807) is 42.6 Å². The molecule has 10 heteroatoms. The molecule has 10 nitrogen and oxygen atoms in total. The van der Waals surface area contributed by atoms with Crippen LogP contribution in [0.3, 0.4) is 0 Å². The number of oxazole rings is 1. The van der Waals surface area contributed by atoms with Gasteiger partial charge in [-0.25, -0.2) is 14.6 Å². The molecule has 1 aromatic heterocycles. The minimum atomic E-state index is -0.496. The summed E-state index contributed by atoms with van der Waals surface area (Å²) < 4.78 is 21.2. The zero-order chi connectivity index (χ0) is 25.0. The molecule has 0 radical (unpaired) electrons. The van der Waals surface area contributed by atoms with Crippen LogP contribution in [0.4, 0.5) is 21.0 Å². The molecule has 186 valence electrons. The monoisotopic (exact) mass is 482 g/mol. The Morgan fingerprint density at radius 1 is 1.11 bits per heavy atom. The number of aromatic nitrogens is 1. The van der Waals surface area contributed by atoms with Gasteiger partial charge >= 0.3 is 12.1 Å². The number of benzene rings is 2. The summed E-state index contributed by atoms with van der Waals surface area (Å²) in [5, 5.41) is 8.25. The Kier molecular flexibility index (Phi) is 9.49. The highest BCUT2D eigenvalue weighted by Crippen LogP contribution is 2.32. The van der Waals surface area contributed by atoms with Crippen molar-refractivity contribution in [1.82, 2.24) is 10.3 Å². The van der Waals surface area contributed by atoms with Crippen LogP contribution in [0.25, 0.3) is 11.3 Å². The Morgan fingerprint density at radius 3 is 2.60 bits per heavy atom. The number of hydrogen-bond acceptors (Lipinski definition) is 7. The second-order valence-corrected chi connectivity index (χ2v) is 7.30. The van der Waals surface area contributed by atoms with Crippen molar-refractivity contribution in [3.05, 3.63) is 60.6 Å². The van der Waals surface area contributed by atoms with E-state index in [1.807, 2.05) is 19.9 Å². The summed E-state index contributed by atoms with van der Waals surface area (Å²) in [4.78, 5) is 28.3. The van der Waals surface area contributed by atoms with Crippen molar-refractivity contribution in [1.29, 1.82) is 0 Å². The van der Waals surface area contributed by atoms with Gasteiger partial charge in [0.05, 0.1) is 32.1 Å². The first-order valence-corrected chi connectivity index (χ1v) is 11.4. The third kappa shape index (κ3) is 7.47. The minimum absolute atomic E-state index is 0.204. The molecule has 1 saturated heterocycles. The molecule has 2 heterocycles. The molecule has 1 fully saturated rings. The maximum atomic E-state index is 12.5. The van der Waals surface area contributed by atoms with Crippen LogP contribution in [0.2, 0.25) is 0 Å². The van der Waals surface area contributed by atoms with Crippen LogP contribution in [0, 0.1) is 0 Å². The fourth-order valence-electron chi connectivity index (χ4n) is 3.35. The molecular formula is C25H30N4O6. The van der Waals surface area contributed by atoms with E-state index in [1.165, 1.54) is 13.5 Å². The average molecular weight is 483 g/mol. The molecule has 0 aliphatic carbocycles. The molecule has 1 atom stereocenters. The molecule has 0 spiro atoms. The number of carbonyl (C=O) groups is 2. The van der Waals surface area contributed by atoms with Crippen LogP contribution in [-0.2, 0) is 16.0 Å². The van der Waals surface area contributed by atoms with E-state index in [0.717, 1.165) is 11.1 Å². The van der Waals surface area contributed by atoms with Crippen LogP contribution in [0.5, 0.6) is 5.75 Å². The van der Waals surface area contributed by atoms with Crippen molar-refractivity contribution < 1.29 is 28.2 Å². The zero-order valence-corrected chi connectivity index (χ0v) is 20.0. The van der Waals surface area contributed by atoms with Crippen LogP contribution in [0.15, 0.2) is 59.5 Å². The molecule has 35 heavy (non-hydrogen) atoms. The molecule has 0 bridgehead atoms. The first-order valence-electron chi connectivity index (χ1n) is 11.4. The Morgan fingerprint density at radius 2 is 1.91 bits per heavy atom. The summed E-state index contributed by atoms with van der Waals surface area (Å²) >= 11 is 0. The van der Waals surface area contributed by atoms with Crippen LogP contribution < -0.4 is 20.7 Å². The summed E-state index contributed by atoms with van der Waals surface area (Å²) in [5.74, 6) is 1.10. The number of nitrogens with zero attached hydrogens (tertiary/aromatic N) is 1. The average Bonchev–Trinajstić information content (AvgIpc) is 3.59. The maximum Gasteiger partial charge on any atom is 0.407 e. The van der Waals surface area contributed by atoms with Crippen molar-refractivity contribution >= 4 is 23.5 Å². The van der Waals surface area contributed by atoms with Crippen molar-refractivity contribution in [2.45, 2.75) is 32.9 Å². The molecular weight excluding hydrogens is 452 g/mol. The SMILES string of the molecule is CC.COc1cc(NC(=O)Nc2cccc(CNC(=O)O[C@H]3CCOC3)c2)ccc1-c1cnco1.